The summed E-state index contributed by atoms with van der Waals surface area (Å²) in [5, 5.41) is 14.1. The van der Waals surface area contributed by atoms with Gasteiger partial charge in [0.05, 0.1) is 6.54 Å². The van der Waals surface area contributed by atoms with E-state index < -0.39 is 12.2 Å². The van der Waals surface area contributed by atoms with Crippen LogP contribution in [0.3, 0.4) is 0 Å². The fourth-order valence-electron chi connectivity index (χ4n) is 3.17. The van der Waals surface area contributed by atoms with Crippen LogP contribution in [0.15, 0.2) is 60.7 Å². The van der Waals surface area contributed by atoms with Crippen LogP contribution in [0.25, 0.3) is 0 Å². The molecule has 0 fully saturated rings. The van der Waals surface area contributed by atoms with Gasteiger partial charge in [0.25, 0.3) is 0 Å². The van der Waals surface area contributed by atoms with Gasteiger partial charge in [-0.15, -0.1) is 0 Å². The lowest BCUT2D eigenvalue weighted by Crippen LogP contribution is -2.34. The number of carbonyl (C=O) groups is 1. The average Bonchev–Trinajstić information content (AvgIpc) is 2.71. The number of nitrogens with zero attached hydrogens (tertiary/aromatic N) is 1. The molecular formula is C24H34N2O3. The first-order valence-corrected chi connectivity index (χ1v) is 10.3. The summed E-state index contributed by atoms with van der Waals surface area (Å²) in [5.74, 6) is 0. The van der Waals surface area contributed by atoms with Crippen LogP contribution < -0.4 is 5.32 Å². The molecule has 29 heavy (non-hydrogen) atoms. The van der Waals surface area contributed by atoms with Crippen LogP contribution in [-0.2, 0) is 11.2 Å². The van der Waals surface area contributed by atoms with Crippen LogP contribution >= 0.6 is 0 Å². The van der Waals surface area contributed by atoms with E-state index in [1.54, 1.807) is 0 Å². The lowest BCUT2D eigenvalue weighted by atomic mass is 9.84. The molecular weight excluding hydrogens is 364 g/mol. The SMILES string of the molecule is CC(C)(C)C(OC(=O)N(O)CCCNCCCc1ccccc1)c1ccccc1. The van der Waals surface area contributed by atoms with Gasteiger partial charge in [-0.05, 0) is 43.5 Å². The Labute approximate surface area is 174 Å². The fourth-order valence-corrected chi connectivity index (χ4v) is 3.17. The van der Waals surface area contributed by atoms with Gasteiger partial charge >= 0.3 is 6.09 Å². The molecule has 0 aliphatic carbocycles. The summed E-state index contributed by atoms with van der Waals surface area (Å²) in [4.78, 5) is 12.3. The average molecular weight is 399 g/mol. The first kappa shape index (κ1) is 22.9. The van der Waals surface area contributed by atoms with Crippen LogP contribution in [0, 0.1) is 5.41 Å². The highest BCUT2D eigenvalue weighted by atomic mass is 16.6. The Morgan fingerprint density at radius 3 is 2.21 bits per heavy atom. The summed E-state index contributed by atoms with van der Waals surface area (Å²) in [7, 11) is 0. The predicted octanol–water partition coefficient (Wildman–Crippen LogP) is 5.21. The highest BCUT2D eigenvalue weighted by Gasteiger charge is 2.31. The van der Waals surface area contributed by atoms with Crippen molar-refractivity contribution < 1.29 is 14.7 Å². The normalized spacial score (nSPS) is 12.4. The topological polar surface area (TPSA) is 61.8 Å². The summed E-state index contributed by atoms with van der Waals surface area (Å²) < 4.78 is 5.62. The Bertz CT molecular complexity index is 714. The molecule has 0 saturated heterocycles. The third-order valence-corrected chi connectivity index (χ3v) is 4.70. The van der Waals surface area contributed by atoms with Crippen molar-refractivity contribution >= 4 is 6.09 Å². The maximum absolute atomic E-state index is 12.3. The van der Waals surface area contributed by atoms with Gasteiger partial charge in [0.1, 0.15) is 6.10 Å². The van der Waals surface area contributed by atoms with Gasteiger partial charge in [-0.2, -0.15) is 5.06 Å². The van der Waals surface area contributed by atoms with Crippen molar-refractivity contribution in [1.29, 1.82) is 0 Å². The minimum atomic E-state index is -0.710. The predicted molar refractivity (Wildman–Crippen MR) is 116 cm³/mol. The zero-order valence-corrected chi connectivity index (χ0v) is 17.8. The molecule has 158 valence electrons. The van der Waals surface area contributed by atoms with E-state index in [4.69, 9.17) is 4.74 Å². The molecule has 2 aromatic rings. The summed E-state index contributed by atoms with van der Waals surface area (Å²) in [6.45, 7) is 7.92. The number of benzene rings is 2. The van der Waals surface area contributed by atoms with E-state index in [2.05, 4.69) is 29.6 Å². The number of hydrogen-bond acceptors (Lipinski definition) is 4. The van der Waals surface area contributed by atoms with Crippen molar-refractivity contribution in [3.05, 3.63) is 71.8 Å². The molecule has 0 spiro atoms. The third-order valence-electron chi connectivity index (χ3n) is 4.70. The summed E-state index contributed by atoms with van der Waals surface area (Å²) in [6.07, 6.45) is 1.61. The molecule has 1 unspecified atom stereocenters. The van der Waals surface area contributed by atoms with Gasteiger partial charge in [0.15, 0.2) is 0 Å². The Kier molecular flexibility index (Phi) is 9.16. The first-order chi connectivity index (χ1) is 13.9. The monoisotopic (exact) mass is 398 g/mol. The van der Waals surface area contributed by atoms with E-state index in [-0.39, 0.29) is 12.0 Å². The lowest BCUT2D eigenvalue weighted by Gasteiger charge is -2.31. The molecule has 2 rings (SSSR count). The Morgan fingerprint density at radius 2 is 1.59 bits per heavy atom. The van der Waals surface area contributed by atoms with Gasteiger partial charge in [0, 0.05) is 5.41 Å². The number of hydrogen-bond donors (Lipinski definition) is 2. The maximum atomic E-state index is 12.3. The second-order valence-electron chi connectivity index (χ2n) is 8.36. The van der Waals surface area contributed by atoms with Crippen LogP contribution in [-0.4, -0.2) is 36.0 Å². The van der Waals surface area contributed by atoms with Crippen molar-refractivity contribution in [2.75, 3.05) is 19.6 Å². The van der Waals surface area contributed by atoms with E-state index in [9.17, 15) is 10.0 Å². The molecule has 5 nitrogen and oxygen atoms in total. The molecule has 1 atom stereocenters. The molecule has 0 heterocycles. The molecule has 0 aliphatic heterocycles. The van der Waals surface area contributed by atoms with Crippen molar-refractivity contribution in [2.24, 2.45) is 5.41 Å². The molecule has 5 heteroatoms. The van der Waals surface area contributed by atoms with Crippen molar-refractivity contribution in [3.8, 4) is 0 Å². The van der Waals surface area contributed by atoms with Crippen LogP contribution in [0.5, 0.6) is 0 Å². The number of carbonyl (C=O) groups excluding carboxylic acids is 1. The molecule has 0 saturated carbocycles. The Balaban J connectivity index is 1.67. The summed E-state index contributed by atoms with van der Waals surface area (Å²) in [6, 6.07) is 20.0. The second kappa shape index (κ2) is 11.6. The molecule has 0 bridgehead atoms. The fraction of sp³-hybridized carbons (Fsp3) is 0.458. The molecule has 1 amide bonds. The molecule has 2 aromatic carbocycles. The van der Waals surface area contributed by atoms with Gasteiger partial charge in [-0.25, -0.2) is 4.79 Å². The third kappa shape index (κ3) is 8.26. The number of hydroxylamine groups is 2. The van der Waals surface area contributed by atoms with E-state index >= 15 is 0 Å². The van der Waals surface area contributed by atoms with E-state index in [1.165, 1.54) is 5.56 Å². The first-order valence-electron chi connectivity index (χ1n) is 10.3. The Morgan fingerprint density at radius 1 is 1.00 bits per heavy atom. The van der Waals surface area contributed by atoms with Crippen LogP contribution in [0.2, 0.25) is 0 Å². The van der Waals surface area contributed by atoms with Gasteiger partial charge in [0.2, 0.25) is 0 Å². The van der Waals surface area contributed by atoms with Gasteiger partial charge in [-0.1, -0.05) is 81.4 Å². The lowest BCUT2D eigenvalue weighted by molar-refractivity contribution is -0.0959. The van der Waals surface area contributed by atoms with Crippen LogP contribution in [0.4, 0.5) is 4.79 Å². The quantitative estimate of drug-likeness (QED) is 0.327. The number of aryl methyl sites for hydroxylation is 1. The second-order valence-corrected chi connectivity index (χ2v) is 8.36. The zero-order chi connectivity index (χ0) is 21.1. The van der Waals surface area contributed by atoms with Gasteiger partial charge in [-0.3, -0.25) is 5.21 Å². The number of ether oxygens (including phenoxy) is 1. The van der Waals surface area contributed by atoms with Gasteiger partial charge < -0.3 is 10.1 Å². The highest BCUT2D eigenvalue weighted by molar-refractivity contribution is 5.66. The van der Waals surface area contributed by atoms with Crippen molar-refractivity contribution in [1.82, 2.24) is 10.4 Å². The number of amides is 1. The number of nitrogens with one attached hydrogen (secondary N) is 1. The molecule has 0 aromatic heterocycles. The Hall–Kier alpha value is -2.37. The minimum absolute atomic E-state index is 0.232. The van der Waals surface area contributed by atoms with Crippen molar-refractivity contribution in [2.45, 2.75) is 46.1 Å². The minimum Gasteiger partial charge on any atom is -0.439 e. The smallest absolute Gasteiger partial charge is 0.434 e. The zero-order valence-electron chi connectivity index (χ0n) is 17.8. The van der Waals surface area contributed by atoms with E-state index in [0.717, 1.165) is 31.5 Å². The molecule has 0 aliphatic rings. The number of rotatable bonds is 10. The summed E-state index contributed by atoms with van der Waals surface area (Å²) >= 11 is 0. The molecule has 0 radical (unpaired) electrons. The van der Waals surface area contributed by atoms with Crippen molar-refractivity contribution in [3.63, 3.8) is 0 Å². The molecule has 2 N–H and O–H groups in total. The van der Waals surface area contributed by atoms with E-state index in [1.807, 2.05) is 57.2 Å². The van der Waals surface area contributed by atoms with Crippen LogP contribution in [0.1, 0.15) is 50.8 Å². The van der Waals surface area contributed by atoms with E-state index in [0.29, 0.717) is 11.5 Å². The largest absolute Gasteiger partial charge is 0.439 e. The standard InChI is InChI=1S/C24H34N2O3/c1-24(2,3)22(21-15-8-5-9-16-21)29-23(27)26(28)19-11-18-25-17-10-14-20-12-6-4-7-13-20/h4-9,12-13,15-16,22,25,28H,10-11,14,17-19H2,1-3H3. The maximum Gasteiger partial charge on any atom is 0.434 e. The summed E-state index contributed by atoms with van der Waals surface area (Å²) in [5.41, 5.74) is 1.98. The highest BCUT2D eigenvalue weighted by Crippen LogP contribution is 2.36.